The van der Waals surface area contributed by atoms with Crippen molar-refractivity contribution in [1.82, 2.24) is 9.97 Å². The van der Waals surface area contributed by atoms with E-state index in [0.29, 0.717) is 11.0 Å². The molecule has 3 nitrogen and oxygen atoms in total. The third kappa shape index (κ3) is 2.74. The van der Waals surface area contributed by atoms with Gasteiger partial charge in [-0.15, -0.1) is 0 Å². The first kappa shape index (κ1) is 11.9. The molecule has 0 aliphatic heterocycles. The van der Waals surface area contributed by atoms with Crippen LogP contribution >= 0.6 is 11.6 Å². The van der Waals surface area contributed by atoms with Crippen molar-refractivity contribution in [3.8, 4) is 11.6 Å². The van der Waals surface area contributed by atoms with E-state index in [1.54, 1.807) is 6.07 Å². The molecule has 0 fully saturated rings. The molecule has 0 spiro atoms. The second-order valence-electron chi connectivity index (χ2n) is 3.99. The predicted molar refractivity (Wildman–Crippen MR) is 67.8 cm³/mol. The maximum atomic E-state index is 5.78. The number of ether oxygens (including phenoxy) is 1. The van der Waals surface area contributed by atoms with Crippen LogP contribution in [0.2, 0.25) is 5.15 Å². The molecule has 88 valence electrons. The van der Waals surface area contributed by atoms with E-state index in [0.717, 1.165) is 16.9 Å². The Morgan fingerprint density at radius 3 is 2.53 bits per heavy atom. The average molecular weight is 249 g/mol. The molecule has 0 aliphatic rings. The fraction of sp³-hybridized carbons (Fsp3) is 0.231. The van der Waals surface area contributed by atoms with Crippen LogP contribution in [0, 0.1) is 20.8 Å². The quantitative estimate of drug-likeness (QED) is 0.758. The second kappa shape index (κ2) is 4.72. The van der Waals surface area contributed by atoms with Crippen LogP contribution in [0.15, 0.2) is 24.5 Å². The molecule has 0 saturated heterocycles. The maximum absolute atomic E-state index is 5.78. The zero-order chi connectivity index (χ0) is 12.4. The van der Waals surface area contributed by atoms with Crippen molar-refractivity contribution in [3.05, 3.63) is 46.4 Å². The molecule has 2 rings (SSSR count). The van der Waals surface area contributed by atoms with Gasteiger partial charge in [-0.3, -0.25) is 0 Å². The van der Waals surface area contributed by atoms with Crippen molar-refractivity contribution in [2.45, 2.75) is 20.8 Å². The molecule has 0 bridgehead atoms. The monoisotopic (exact) mass is 248 g/mol. The minimum absolute atomic E-state index is 0.372. The normalized spacial score (nSPS) is 10.4. The molecular weight excluding hydrogens is 236 g/mol. The van der Waals surface area contributed by atoms with Gasteiger partial charge in [-0.2, -0.15) is 0 Å². The van der Waals surface area contributed by atoms with Crippen LogP contribution in [0.1, 0.15) is 16.7 Å². The molecule has 0 radical (unpaired) electrons. The Hall–Kier alpha value is -1.61. The highest BCUT2D eigenvalue weighted by Crippen LogP contribution is 2.27. The van der Waals surface area contributed by atoms with E-state index in [1.165, 1.54) is 11.9 Å². The molecule has 1 aromatic carbocycles. The summed E-state index contributed by atoms with van der Waals surface area (Å²) in [6, 6.07) is 5.70. The van der Waals surface area contributed by atoms with E-state index in [1.807, 2.05) is 19.9 Å². The Balaban J connectivity index is 2.36. The largest absolute Gasteiger partial charge is 0.439 e. The first-order valence-corrected chi connectivity index (χ1v) is 5.67. The lowest BCUT2D eigenvalue weighted by Gasteiger charge is -2.11. The van der Waals surface area contributed by atoms with E-state index in [9.17, 15) is 0 Å². The number of benzene rings is 1. The van der Waals surface area contributed by atoms with Gasteiger partial charge in [0.15, 0.2) is 0 Å². The smallest absolute Gasteiger partial charge is 0.223 e. The number of hydrogen-bond acceptors (Lipinski definition) is 3. The fourth-order valence-electron chi connectivity index (χ4n) is 1.59. The number of hydrogen-bond donors (Lipinski definition) is 0. The highest BCUT2D eigenvalue weighted by atomic mass is 35.5. The van der Waals surface area contributed by atoms with Crippen molar-refractivity contribution in [2.24, 2.45) is 0 Å². The molecule has 0 amide bonds. The van der Waals surface area contributed by atoms with Gasteiger partial charge in [-0.05, 0) is 43.5 Å². The van der Waals surface area contributed by atoms with Gasteiger partial charge in [-0.1, -0.05) is 17.7 Å². The van der Waals surface area contributed by atoms with E-state index >= 15 is 0 Å². The summed E-state index contributed by atoms with van der Waals surface area (Å²) >= 11 is 5.78. The highest BCUT2D eigenvalue weighted by Gasteiger charge is 2.06. The summed E-state index contributed by atoms with van der Waals surface area (Å²) in [6.45, 7) is 6.11. The van der Waals surface area contributed by atoms with Crippen LogP contribution in [0.3, 0.4) is 0 Å². The van der Waals surface area contributed by atoms with Gasteiger partial charge in [0.1, 0.15) is 17.2 Å². The van der Waals surface area contributed by atoms with Crippen molar-refractivity contribution in [3.63, 3.8) is 0 Å². The predicted octanol–water partition coefficient (Wildman–Crippen LogP) is 3.85. The van der Waals surface area contributed by atoms with Gasteiger partial charge in [-0.25, -0.2) is 9.97 Å². The minimum atomic E-state index is 0.372. The van der Waals surface area contributed by atoms with Gasteiger partial charge in [0.25, 0.3) is 0 Å². The maximum Gasteiger partial charge on any atom is 0.223 e. The number of halogens is 1. The van der Waals surface area contributed by atoms with Crippen LogP contribution < -0.4 is 4.74 Å². The molecule has 0 unspecified atom stereocenters. The summed E-state index contributed by atoms with van der Waals surface area (Å²) in [5.74, 6) is 1.26. The van der Waals surface area contributed by atoms with E-state index < -0.39 is 0 Å². The van der Waals surface area contributed by atoms with Crippen LogP contribution in [0.5, 0.6) is 11.6 Å². The Morgan fingerprint density at radius 1 is 1.06 bits per heavy atom. The summed E-state index contributed by atoms with van der Waals surface area (Å²) in [5, 5.41) is 0.372. The van der Waals surface area contributed by atoms with Gasteiger partial charge in [0.2, 0.25) is 5.88 Å². The summed E-state index contributed by atoms with van der Waals surface area (Å²) < 4.78 is 5.72. The van der Waals surface area contributed by atoms with Gasteiger partial charge < -0.3 is 4.74 Å². The first-order chi connectivity index (χ1) is 8.06. The number of aryl methyl sites for hydroxylation is 2. The lowest BCUT2D eigenvalue weighted by molar-refractivity contribution is 0.457. The van der Waals surface area contributed by atoms with E-state index in [-0.39, 0.29) is 0 Å². The summed E-state index contributed by atoms with van der Waals surface area (Å²) in [5.41, 5.74) is 3.45. The second-order valence-corrected chi connectivity index (χ2v) is 4.37. The van der Waals surface area contributed by atoms with E-state index in [2.05, 4.69) is 23.0 Å². The fourth-order valence-corrected chi connectivity index (χ4v) is 1.73. The average Bonchev–Trinajstić information content (AvgIpc) is 2.25. The molecule has 1 aromatic heterocycles. The Labute approximate surface area is 105 Å². The zero-order valence-corrected chi connectivity index (χ0v) is 10.7. The lowest BCUT2D eigenvalue weighted by Crippen LogP contribution is -1.94. The van der Waals surface area contributed by atoms with Crippen LogP contribution in [-0.2, 0) is 0 Å². The summed E-state index contributed by atoms with van der Waals surface area (Å²) in [4.78, 5) is 7.83. The third-order valence-corrected chi connectivity index (χ3v) is 2.79. The molecule has 0 saturated carbocycles. The Morgan fingerprint density at radius 2 is 1.82 bits per heavy atom. The third-order valence-electron chi connectivity index (χ3n) is 2.59. The Bertz CT molecular complexity index is 555. The van der Waals surface area contributed by atoms with Crippen molar-refractivity contribution >= 4 is 11.6 Å². The van der Waals surface area contributed by atoms with Crippen LogP contribution in [-0.4, -0.2) is 9.97 Å². The highest BCUT2D eigenvalue weighted by molar-refractivity contribution is 6.29. The molecular formula is C13H13ClN2O. The summed E-state index contributed by atoms with van der Waals surface area (Å²) in [7, 11) is 0. The molecule has 17 heavy (non-hydrogen) atoms. The molecule has 1 heterocycles. The number of nitrogens with zero attached hydrogens (tertiary/aromatic N) is 2. The van der Waals surface area contributed by atoms with E-state index in [4.69, 9.17) is 16.3 Å². The molecule has 2 aromatic rings. The van der Waals surface area contributed by atoms with Crippen molar-refractivity contribution in [1.29, 1.82) is 0 Å². The zero-order valence-electron chi connectivity index (χ0n) is 9.99. The van der Waals surface area contributed by atoms with Gasteiger partial charge >= 0.3 is 0 Å². The number of rotatable bonds is 2. The van der Waals surface area contributed by atoms with Gasteiger partial charge in [0.05, 0.1) is 0 Å². The topological polar surface area (TPSA) is 35.0 Å². The minimum Gasteiger partial charge on any atom is -0.439 e. The molecule has 0 N–H and O–H groups in total. The molecule has 0 aliphatic carbocycles. The SMILES string of the molecule is Cc1cc(C)c(C)c(Oc2cc(Cl)ncn2)c1. The van der Waals surface area contributed by atoms with Gasteiger partial charge in [0, 0.05) is 6.07 Å². The summed E-state index contributed by atoms with van der Waals surface area (Å²) in [6.07, 6.45) is 1.38. The Kier molecular flexibility index (Phi) is 3.29. The van der Waals surface area contributed by atoms with Crippen LogP contribution in [0.4, 0.5) is 0 Å². The lowest BCUT2D eigenvalue weighted by atomic mass is 10.1. The van der Waals surface area contributed by atoms with Crippen molar-refractivity contribution < 1.29 is 4.74 Å². The molecule has 0 atom stereocenters. The van der Waals surface area contributed by atoms with Crippen LogP contribution in [0.25, 0.3) is 0 Å². The first-order valence-electron chi connectivity index (χ1n) is 5.29. The molecule has 4 heteroatoms. The number of aromatic nitrogens is 2. The van der Waals surface area contributed by atoms with Crippen molar-refractivity contribution in [2.75, 3.05) is 0 Å². The standard InChI is InChI=1S/C13H13ClN2O/c1-8-4-9(2)10(3)11(5-8)17-13-6-12(14)15-7-16-13/h4-7H,1-3H3.